The first kappa shape index (κ1) is 23.1. The number of phenols is 1. The van der Waals surface area contributed by atoms with Crippen LogP contribution in [-0.2, 0) is 14.4 Å². The Balaban J connectivity index is 1.89. The number of nitrogens with zero attached hydrogens (tertiary/aromatic N) is 1. The van der Waals surface area contributed by atoms with Gasteiger partial charge in [-0.2, -0.15) is 11.8 Å². The maximum absolute atomic E-state index is 13.6. The molecule has 4 rings (SSSR count). The Bertz CT molecular complexity index is 1120. The van der Waals surface area contributed by atoms with Crippen LogP contribution >= 0.6 is 39.3 Å². The average Bonchev–Trinajstić information content (AvgIpc) is 3.23. The smallest absolute Gasteiger partial charge is 0.324 e. The molecule has 7 nitrogen and oxygen atoms in total. The van der Waals surface area contributed by atoms with E-state index >= 15 is 0 Å². The molecule has 2 amide bonds. The van der Waals surface area contributed by atoms with Gasteiger partial charge in [0.2, 0.25) is 11.8 Å². The first-order chi connectivity index (χ1) is 15.2. The Morgan fingerprint density at radius 1 is 1.25 bits per heavy atom. The summed E-state index contributed by atoms with van der Waals surface area (Å²) in [6.07, 6.45) is 1.98. The van der Waals surface area contributed by atoms with Crippen LogP contribution in [0.1, 0.15) is 18.0 Å². The number of anilines is 1. The third-order valence-corrected chi connectivity index (χ3v) is 7.47. The number of carbonyl (C=O) groups is 3. The summed E-state index contributed by atoms with van der Waals surface area (Å²) >= 11 is 10.9. The van der Waals surface area contributed by atoms with E-state index in [0.29, 0.717) is 26.5 Å². The monoisotopic (exact) mass is 538 g/mol. The molecule has 2 aliphatic heterocycles. The molecule has 2 heterocycles. The Hall–Kier alpha value is -2.07. The molecule has 0 aromatic heterocycles. The summed E-state index contributed by atoms with van der Waals surface area (Å²) in [6, 6.07) is 10.2. The van der Waals surface area contributed by atoms with Crippen molar-refractivity contribution in [2.75, 3.05) is 16.9 Å². The summed E-state index contributed by atoms with van der Waals surface area (Å²) in [6.45, 7) is 0. The maximum Gasteiger partial charge on any atom is 0.324 e. The number of hydrogen-bond acceptors (Lipinski definition) is 6. The molecule has 2 aromatic carbocycles. The van der Waals surface area contributed by atoms with Gasteiger partial charge in [-0.15, -0.1) is 0 Å². The molecule has 4 atom stereocenters. The second-order valence-corrected chi connectivity index (χ2v) is 10.2. The fourth-order valence-electron chi connectivity index (χ4n) is 4.71. The summed E-state index contributed by atoms with van der Waals surface area (Å²) < 4.78 is 0.657. The molecule has 0 spiro atoms. The van der Waals surface area contributed by atoms with Gasteiger partial charge in [0.15, 0.2) is 0 Å². The molecule has 0 bridgehead atoms. The van der Waals surface area contributed by atoms with Gasteiger partial charge >= 0.3 is 5.97 Å². The number of aliphatic carboxylic acids is 1. The third-order valence-electron chi connectivity index (χ3n) is 6.13. The van der Waals surface area contributed by atoms with E-state index in [0.717, 1.165) is 4.90 Å². The lowest BCUT2D eigenvalue weighted by atomic mass is 9.78. The minimum Gasteiger partial charge on any atom is -0.508 e. The Morgan fingerprint density at radius 2 is 2.00 bits per heavy atom. The number of carboxylic acid groups (broad SMARTS) is 1. The first-order valence-corrected chi connectivity index (χ1v) is 12.4. The van der Waals surface area contributed by atoms with Crippen LogP contribution in [0.2, 0.25) is 5.02 Å². The highest BCUT2D eigenvalue weighted by Gasteiger charge is 2.68. The van der Waals surface area contributed by atoms with Crippen molar-refractivity contribution in [3.8, 4) is 5.75 Å². The number of benzene rings is 2. The highest BCUT2D eigenvalue weighted by molar-refractivity contribution is 9.10. The fraction of sp³-hybridized carbons (Fsp3) is 0.318. The number of hydrogen-bond donors (Lipinski definition) is 3. The van der Waals surface area contributed by atoms with Gasteiger partial charge in [-0.05, 0) is 54.8 Å². The Morgan fingerprint density at radius 3 is 2.66 bits per heavy atom. The number of thioether (sulfide) groups is 1. The van der Waals surface area contributed by atoms with Crippen molar-refractivity contribution in [1.82, 2.24) is 5.32 Å². The summed E-state index contributed by atoms with van der Waals surface area (Å²) in [5, 5.41) is 24.3. The van der Waals surface area contributed by atoms with Crippen LogP contribution in [0, 0.1) is 11.8 Å². The highest BCUT2D eigenvalue weighted by Crippen LogP contribution is 2.52. The number of amides is 2. The van der Waals surface area contributed by atoms with Crippen LogP contribution in [0.25, 0.3) is 0 Å². The number of nitrogens with one attached hydrogen (secondary N) is 1. The van der Waals surface area contributed by atoms with Gasteiger partial charge in [-0.3, -0.25) is 19.7 Å². The van der Waals surface area contributed by atoms with Gasteiger partial charge in [0.05, 0.1) is 17.5 Å². The molecule has 0 saturated carbocycles. The molecule has 0 unspecified atom stereocenters. The first-order valence-electron chi connectivity index (χ1n) is 9.83. The second-order valence-electron chi connectivity index (χ2n) is 7.84. The minimum atomic E-state index is -1.66. The van der Waals surface area contributed by atoms with Gasteiger partial charge in [-0.1, -0.05) is 33.6 Å². The van der Waals surface area contributed by atoms with Gasteiger partial charge in [-0.25, -0.2) is 4.90 Å². The van der Waals surface area contributed by atoms with Crippen LogP contribution in [0.4, 0.5) is 5.69 Å². The average molecular weight is 540 g/mol. The largest absolute Gasteiger partial charge is 0.508 e. The van der Waals surface area contributed by atoms with E-state index in [1.165, 1.54) is 23.9 Å². The predicted octanol–water partition coefficient (Wildman–Crippen LogP) is 3.83. The number of aromatic hydroxyl groups is 1. The van der Waals surface area contributed by atoms with E-state index in [9.17, 15) is 24.6 Å². The van der Waals surface area contributed by atoms with E-state index in [-0.39, 0.29) is 12.2 Å². The molecule has 0 aliphatic carbocycles. The number of rotatable bonds is 6. The van der Waals surface area contributed by atoms with Crippen molar-refractivity contribution in [2.24, 2.45) is 11.8 Å². The molecule has 2 aromatic rings. The lowest BCUT2D eigenvalue weighted by Gasteiger charge is -2.31. The number of carbonyl (C=O) groups excluding carboxylic acids is 2. The normalized spacial score (nSPS) is 27.1. The fourth-order valence-corrected chi connectivity index (χ4v) is 5.80. The van der Waals surface area contributed by atoms with Crippen LogP contribution in [0.5, 0.6) is 5.75 Å². The summed E-state index contributed by atoms with van der Waals surface area (Å²) in [5.41, 5.74) is -1.01. The third kappa shape index (κ3) is 3.61. The molecule has 2 saturated heterocycles. The van der Waals surface area contributed by atoms with Crippen molar-refractivity contribution in [3.63, 3.8) is 0 Å². The van der Waals surface area contributed by atoms with Gasteiger partial charge in [0.25, 0.3) is 0 Å². The standard InChI is InChI=1S/C22H20BrClN2O5S/c1-32-8-7-22(21(30)31)17-16(18(25-22)14-9-11(23)5-6-15(14)27)19(28)26(20(17)29)13-4-2-3-12(24)10-13/h2-6,9-10,16-18,25,27H,7-8H2,1H3,(H,30,31)/t16-,17+,18-,22+/m1/s1. The molecule has 168 valence electrons. The van der Waals surface area contributed by atoms with Gasteiger partial charge < -0.3 is 10.2 Å². The van der Waals surface area contributed by atoms with Crippen LogP contribution in [0.3, 0.4) is 0 Å². The Labute approximate surface area is 202 Å². The second kappa shape index (κ2) is 8.70. The lowest BCUT2D eigenvalue weighted by molar-refractivity contribution is -0.148. The van der Waals surface area contributed by atoms with Crippen molar-refractivity contribution in [1.29, 1.82) is 0 Å². The van der Waals surface area contributed by atoms with Crippen molar-refractivity contribution >= 4 is 62.8 Å². The lowest BCUT2D eigenvalue weighted by Crippen LogP contribution is -2.56. The molecule has 32 heavy (non-hydrogen) atoms. The zero-order valence-electron chi connectivity index (χ0n) is 16.9. The molecule has 2 fully saturated rings. The number of phenolic OH excluding ortho intramolecular Hbond substituents is 1. The summed E-state index contributed by atoms with van der Waals surface area (Å²) in [7, 11) is 0. The van der Waals surface area contributed by atoms with E-state index in [1.54, 1.807) is 30.3 Å². The molecule has 0 radical (unpaired) electrons. The maximum atomic E-state index is 13.6. The summed E-state index contributed by atoms with van der Waals surface area (Å²) in [5.74, 6) is -4.06. The summed E-state index contributed by atoms with van der Waals surface area (Å²) in [4.78, 5) is 40.8. The minimum absolute atomic E-state index is 0.0861. The van der Waals surface area contributed by atoms with E-state index < -0.39 is 41.2 Å². The topological polar surface area (TPSA) is 107 Å². The number of halogens is 2. The molecular formula is C22H20BrClN2O5S. The molecular weight excluding hydrogens is 520 g/mol. The van der Waals surface area contributed by atoms with Gasteiger partial charge in [0, 0.05) is 21.1 Å². The molecule has 2 aliphatic rings. The molecule has 3 N–H and O–H groups in total. The van der Waals surface area contributed by atoms with Crippen LogP contribution in [-0.4, -0.2) is 45.5 Å². The number of carboxylic acids is 1. The van der Waals surface area contributed by atoms with Crippen molar-refractivity contribution < 1.29 is 24.6 Å². The SMILES string of the molecule is CSCC[C@]1(C(=O)O)N[C@H](c2cc(Br)ccc2O)[C@@H]2C(=O)N(c3cccc(Cl)c3)C(=O)[C@H]21. The highest BCUT2D eigenvalue weighted by atomic mass is 79.9. The van der Waals surface area contributed by atoms with E-state index in [4.69, 9.17) is 11.6 Å². The van der Waals surface area contributed by atoms with E-state index in [2.05, 4.69) is 21.2 Å². The quantitative estimate of drug-likeness (QED) is 0.479. The molecule has 10 heteroatoms. The van der Waals surface area contributed by atoms with Crippen LogP contribution < -0.4 is 10.2 Å². The van der Waals surface area contributed by atoms with Crippen LogP contribution in [0.15, 0.2) is 46.9 Å². The number of imide groups is 1. The predicted molar refractivity (Wildman–Crippen MR) is 126 cm³/mol. The zero-order valence-corrected chi connectivity index (χ0v) is 20.1. The van der Waals surface area contributed by atoms with E-state index in [1.807, 2.05) is 6.26 Å². The van der Waals surface area contributed by atoms with Crippen molar-refractivity contribution in [3.05, 3.63) is 57.5 Å². The number of fused-ring (bicyclic) bond motifs is 1. The Kier molecular flexibility index (Phi) is 6.28. The van der Waals surface area contributed by atoms with Crippen molar-refractivity contribution in [2.45, 2.75) is 18.0 Å². The zero-order chi connectivity index (χ0) is 23.2. The van der Waals surface area contributed by atoms with Gasteiger partial charge in [0.1, 0.15) is 11.3 Å².